The van der Waals surface area contributed by atoms with Gasteiger partial charge in [0.2, 0.25) is 5.95 Å². The third kappa shape index (κ3) is 2.92. The Morgan fingerprint density at radius 3 is 2.94 bits per heavy atom. The summed E-state index contributed by atoms with van der Waals surface area (Å²) >= 11 is 0. The Morgan fingerprint density at radius 1 is 1.31 bits per heavy atom. The quantitative estimate of drug-likeness (QED) is 0.598. The van der Waals surface area contributed by atoms with Crippen molar-refractivity contribution in [3.8, 4) is 0 Å². The van der Waals surface area contributed by atoms with Gasteiger partial charge in [0.1, 0.15) is 0 Å². The Kier molecular flexibility index (Phi) is 3.72. The molecule has 0 aliphatic heterocycles. The summed E-state index contributed by atoms with van der Waals surface area (Å²) in [7, 11) is 0. The summed E-state index contributed by atoms with van der Waals surface area (Å²) in [6.45, 7) is 0. The van der Waals surface area contributed by atoms with Crippen LogP contribution in [0.5, 0.6) is 0 Å². The molecule has 88 valence electrons. The molecule has 0 radical (unpaired) electrons. The normalized spacial score (nSPS) is 26.1. The lowest BCUT2D eigenvalue weighted by Crippen LogP contribution is -2.32. The summed E-state index contributed by atoms with van der Waals surface area (Å²) in [4.78, 5) is 3.50. The number of rotatable bonds is 2. The highest BCUT2D eigenvalue weighted by Gasteiger charge is 2.21. The minimum absolute atomic E-state index is 0.0318. The van der Waals surface area contributed by atoms with Gasteiger partial charge in [-0.3, -0.25) is 0 Å². The van der Waals surface area contributed by atoms with Crippen LogP contribution in [0.3, 0.4) is 0 Å². The largest absolute Gasteiger partial charge is 0.391 e. The van der Waals surface area contributed by atoms with Crippen LogP contribution in [0, 0.1) is 5.95 Å². The molecule has 1 aromatic rings. The van der Waals surface area contributed by atoms with E-state index in [-0.39, 0.29) is 12.1 Å². The van der Waals surface area contributed by atoms with Crippen LogP contribution in [-0.2, 0) is 0 Å². The minimum atomic E-state index is -0.492. The second-order valence-corrected chi connectivity index (χ2v) is 4.32. The van der Waals surface area contributed by atoms with Crippen molar-refractivity contribution in [3.05, 3.63) is 24.3 Å². The molecule has 2 rings (SSSR count). The monoisotopic (exact) mass is 224 g/mol. The van der Waals surface area contributed by atoms with E-state index < -0.39 is 5.95 Å². The van der Waals surface area contributed by atoms with E-state index in [2.05, 4.69) is 10.3 Å². The number of aromatic nitrogens is 1. The predicted molar refractivity (Wildman–Crippen MR) is 60.7 cm³/mol. The molecule has 4 heteroatoms. The smallest absolute Gasteiger partial charge is 0.214 e. The van der Waals surface area contributed by atoms with Gasteiger partial charge in [-0.05, 0) is 18.9 Å². The lowest BCUT2D eigenvalue weighted by Gasteiger charge is -2.22. The standard InChI is InChI=1S/C12H17FN2O/c13-12-8-9(6-7-14-12)15-10-4-2-1-3-5-11(10)16/h6-8,10-11,16H,1-5H2,(H,14,15). The van der Waals surface area contributed by atoms with Gasteiger partial charge in [-0.2, -0.15) is 4.39 Å². The second-order valence-electron chi connectivity index (χ2n) is 4.32. The van der Waals surface area contributed by atoms with Gasteiger partial charge in [0, 0.05) is 18.0 Å². The summed E-state index contributed by atoms with van der Waals surface area (Å²) in [6, 6.07) is 3.11. The van der Waals surface area contributed by atoms with Gasteiger partial charge in [-0.15, -0.1) is 0 Å². The molecule has 0 aromatic carbocycles. The molecule has 3 nitrogen and oxygen atoms in total. The van der Waals surface area contributed by atoms with Crippen molar-refractivity contribution >= 4 is 5.69 Å². The number of aliphatic hydroxyl groups excluding tert-OH is 1. The molecule has 0 bridgehead atoms. The third-order valence-corrected chi connectivity index (χ3v) is 3.06. The molecule has 2 unspecified atom stereocenters. The van der Waals surface area contributed by atoms with E-state index in [1.165, 1.54) is 18.7 Å². The first-order chi connectivity index (χ1) is 7.75. The van der Waals surface area contributed by atoms with Crippen molar-refractivity contribution in [2.75, 3.05) is 5.32 Å². The SMILES string of the molecule is OC1CCCCCC1Nc1ccnc(F)c1. The molecule has 1 fully saturated rings. The molecule has 1 aliphatic carbocycles. The van der Waals surface area contributed by atoms with Crippen molar-refractivity contribution in [1.29, 1.82) is 0 Å². The lowest BCUT2D eigenvalue weighted by atomic mass is 10.1. The zero-order valence-corrected chi connectivity index (χ0v) is 9.19. The molecule has 0 saturated heterocycles. The fraction of sp³-hybridized carbons (Fsp3) is 0.583. The molecule has 1 aliphatic rings. The van der Waals surface area contributed by atoms with E-state index in [4.69, 9.17) is 0 Å². The van der Waals surface area contributed by atoms with Gasteiger partial charge in [-0.1, -0.05) is 19.3 Å². The van der Waals surface area contributed by atoms with E-state index >= 15 is 0 Å². The van der Waals surface area contributed by atoms with Crippen LogP contribution >= 0.6 is 0 Å². The molecule has 16 heavy (non-hydrogen) atoms. The number of halogens is 1. The van der Waals surface area contributed by atoms with Gasteiger partial charge in [0.15, 0.2) is 0 Å². The number of nitrogens with zero attached hydrogens (tertiary/aromatic N) is 1. The zero-order chi connectivity index (χ0) is 11.4. The highest BCUT2D eigenvalue weighted by molar-refractivity contribution is 5.42. The highest BCUT2D eigenvalue weighted by atomic mass is 19.1. The maximum absolute atomic E-state index is 12.9. The van der Waals surface area contributed by atoms with E-state index in [1.54, 1.807) is 6.07 Å². The van der Waals surface area contributed by atoms with Crippen LogP contribution in [0.4, 0.5) is 10.1 Å². The topological polar surface area (TPSA) is 45.1 Å². The van der Waals surface area contributed by atoms with Crippen LogP contribution in [0.1, 0.15) is 32.1 Å². The van der Waals surface area contributed by atoms with Crippen LogP contribution in [0.15, 0.2) is 18.3 Å². The van der Waals surface area contributed by atoms with E-state index in [9.17, 15) is 9.50 Å². The van der Waals surface area contributed by atoms with Gasteiger partial charge in [-0.25, -0.2) is 4.98 Å². The summed E-state index contributed by atoms with van der Waals surface area (Å²) in [5, 5.41) is 13.1. The van der Waals surface area contributed by atoms with Crippen LogP contribution in [0.25, 0.3) is 0 Å². The average molecular weight is 224 g/mol. The van der Waals surface area contributed by atoms with Crippen molar-refractivity contribution in [2.24, 2.45) is 0 Å². The Balaban J connectivity index is 2.02. The zero-order valence-electron chi connectivity index (χ0n) is 9.19. The van der Waals surface area contributed by atoms with Crippen molar-refractivity contribution in [3.63, 3.8) is 0 Å². The van der Waals surface area contributed by atoms with Crippen molar-refractivity contribution in [1.82, 2.24) is 4.98 Å². The van der Waals surface area contributed by atoms with E-state index in [1.807, 2.05) is 0 Å². The maximum atomic E-state index is 12.9. The van der Waals surface area contributed by atoms with E-state index in [0.29, 0.717) is 5.69 Å². The molecule has 1 heterocycles. The first kappa shape index (κ1) is 11.3. The maximum Gasteiger partial charge on any atom is 0.214 e. The molecule has 1 saturated carbocycles. The average Bonchev–Trinajstić information content (AvgIpc) is 2.45. The third-order valence-electron chi connectivity index (χ3n) is 3.06. The number of hydrogen-bond acceptors (Lipinski definition) is 3. The fourth-order valence-electron chi connectivity index (χ4n) is 2.16. The Bertz CT molecular complexity index is 346. The Morgan fingerprint density at radius 2 is 2.12 bits per heavy atom. The molecule has 0 spiro atoms. The first-order valence-electron chi connectivity index (χ1n) is 5.82. The highest BCUT2D eigenvalue weighted by Crippen LogP contribution is 2.21. The fourth-order valence-corrected chi connectivity index (χ4v) is 2.16. The number of aliphatic hydroxyl groups is 1. The first-order valence-corrected chi connectivity index (χ1v) is 5.82. The molecule has 2 atom stereocenters. The van der Waals surface area contributed by atoms with E-state index in [0.717, 1.165) is 25.7 Å². The predicted octanol–water partition coefficient (Wildman–Crippen LogP) is 2.33. The molecular weight excluding hydrogens is 207 g/mol. The van der Waals surface area contributed by atoms with Gasteiger partial charge >= 0.3 is 0 Å². The molecule has 1 aromatic heterocycles. The lowest BCUT2D eigenvalue weighted by molar-refractivity contribution is 0.144. The second kappa shape index (κ2) is 5.25. The Hall–Kier alpha value is -1.16. The number of pyridine rings is 1. The van der Waals surface area contributed by atoms with Gasteiger partial charge < -0.3 is 10.4 Å². The summed E-state index contributed by atoms with van der Waals surface area (Å²) in [5.74, 6) is -0.492. The summed E-state index contributed by atoms with van der Waals surface area (Å²) in [6.07, 6.45) is 6.21. The summed E-state index contributed by atoms with van der Waals surface area (Å²) < 4.78 is 12.9. The number of anilines is 1. The minimum Gasteiger partial charge on any atom is -0.391 e. The van der Waals surface area contributed by atoms with Crippen LogP contribution in [-0.4, -0.2) is 22.2 Å². The Labute approximate surface area is 94.7 Å². The van der Waals surface area contributed by atoms with Crippen LogP contribution in [0.2, 0.25) is 0 Å². The van der Waals surface area contributed by atoms with Crippen molar-refractivity contribution in [2.45, 2.75) is 44.2 Å². The summed E-state index contributed by atoms with van der Waals surface area (Å²) in [5.41, 5.74) is 0.693. The molecule has 0 amide bonds. The van der Waals surface area contributed by atoms with Gasteiger partial charge in [0.05, 0.1) is 12.1 Å². The van der Waals surface area contributed by atoms with Gasteiger partial charge in [0.25, 0.3) is 0 Å². The van der Waals surface area contributed by atoms with Crippen molar-refractivity contribution < 1.29 is 9.50 Å². The molecule has 2 N–H and O–H groups in total. The number of hydrogen-bond donors (Lipinski definition) is 2. The molecular formula is C12H17FN2O. The number of nitrogens with one attached hydrogen (secondary N) is 1. The van der Waals surface area contributed by atoms with Crippen LogP contribution < -0.4 is 5.32 Å².